The van der Waals surface area contributed by atoms with E-state index in [1.807, 2.05) is 50.2 Å². The lowest BCUT2D eigenvalue weighted by Gasteiger charge is -2.06. The summed E-state index contributed by atoms with van der Waals surface area (Å²) in [6.45, 7) is 3.91. The fourth-order valence-electron chi connectivity index (χ4n) is 1.90. The van der Waals surface area contributed by atoms with Crippen LogP contribution in [0.3, 0.4) is 0 Å². The topological polar surface area (TPSA) is 17.1 Å². The van der Waals surface area contributed by atoms with Crippen molar-refractivity contribution in [2.24, 2.45) is 0 Å². The summed E-state index contributed by atoms with van der Waals surface area (Å²) in [5, 5.41) is 0.643. The number of aryl methyl sites for hydroxylation is 1. The molecule has 0 spiro atoms. The van der Waals surface area contributed by atoms with Gasteiger partial charge < -0.3 is 0 Å². The lowest BCUT2D eigenvalue weighted by molar-refractivity contribution is 0.0992. The van der Waals surface area contributed by atoms with Crippen molar-refractivity contribution in [2.45, 2.75) is 20.3 Å². The number of carbonyl (C=O) groups is 1. The average molecular weight is 259 g/mol. The number of ketones is 1. The largest absolute Gasteiger partial charge is 0.294 e. The molecule has 0 unspecified atom stereocenters. The zero-order valence-corrected chi connectivity index (χ0v) is 11.3. The van der Waals surface area contributed by atoms with Gasteiger partial charge in [-0.1, -0.05) is 53.6 Å². The van der Waals surface area contributed by atoms with Gasteiger partial charge in [-0.3, -0.25) is 4.79 Å². The first kappa shape index (κ1) is 12.8. The van der Waals surface area contributed by atoms with Gasteiger partial charge in [-0.2, -0.15) is 0 Å². The SMILES string of the molecule is Cc1ccc(CC(=O)c2cccc(Cl)c2C)cc1. The van der Waals surface area contributed by atoms with Crippen LogP contribution in [0.5, 0.6) is 0 Å². The Morgan fingerprint density at radius 1 is 1.06 bits per heavy atom. The molecule has 0 aliphatic carbocycles. The molecule has 2 aromatic rings. The lowest BCUT2D eigenvalue weighted by atomic mass is 9.99. The Bertz CT molecular complexity index is 570. The van der Waals surface area contributed by atoms with E-state index in [0.717, 1.165) is 11.1 Å². The minimum absolute atomic E-state index is 0.110. The van der Waals surface area contributed by atoms with Crippen LogP contribution in [-0.4, -0.2) is 5.78 Å². The Balaban J connectivity index is 2.22. The molecule has 0 atom stereocenters. The molecule has 1 nitrogen and oxygen atoms in total. The zero-order valence-electron chi connectivity index (χ0n) is 10.5. The fourth-order valence-corrected chi connectivity index (χ4v) is 2.07. The predicted octanol–water partition coefficient (Wildman–Crippen LogP) is 4.38. The number of hydrogen-bond donors (Lipinski definition) is 0. The predicted molar refractivity (Wildman–Crippen MR) is 75.4 cm³/mol. The van der Waals surface area contributed by atoms with Crippen LogP contribution in [0, 0.1) is 13.8 Å². The maximum Gasteiger partial charge on any atom is 0.167 e. The van der Waals surface area contributed by atoms with Crippen molar-refractivity contribution in [1.82, 2.24) is 0 Å². The van der Waals surface area contributed by atoms with Crippen molar-refractivity contribution >= 4 is 17.4 Å². The number of benzene rings is 2. The van der Waals surface area contributed by atoms with E-state index in [2.05, 4.69) is 0 Å². The van der Waals surface area contributed by atoms with Gasteiger partial charge in [0.15, 0.2) is 5.78 Å². The van der Waals surface area contributed by atoms with E-state index >= 15 is 0 Å². The van der Waals surface area contributed by atoms with Gasteiger partial charge in [-0.25, -0.2) is 0 Å². The molecule has 0 saturated heterocycles. The van der Waals surface area contributed by atoms with Crippen LogP contribution in [0.2, 0.25) is 5.02 Å². The van der Waals surface area contributed by atoms with Crippen LogP contribution in [-0.2, 0) is 6.42 Å². The van der Waals surface area contributed by atoms with Gasteiger partial charge in [0.05, 0.1) is 0 Å². The minimum atomic E-state index is 0.110. The van der Waals surface area contributed by atoms with Crippen LogP contribution in [0.4, 0.5) is 0 Å². The standard InChI is InChI=1S/C16H15ClO/c1-11-6-8-13(9-7-11)10-16(18)14-4-3-5-15(17)12(14)2/h3-9H,10H2,1-2H3. The second-order valence-electron chi connectivity index (χ2n) is 4.50. The molecule has 2 aromatic carbocycles. The van der Waals surface area contributed by atoms with Crippen molar-refractivity contribution in [3.05, 3.63) is 69.7 Å². The maximum absolute atomic E-state index is 12.2. The van der Waals surface area contributed by atoms with Gasteiger partial charge in [0.25, 0.3) is 0 Å². The van der Waals surface area contributed by atoms with Crippen LogP contribution in [0.25, 0.3) is 0 Å². The van der Waals surface area contributed by atoms with Crippen LogP contribution >= 0.6 is 11.6 Å². The third-order valence-electron chi connectivity index (χ3n) is 3.05. The van der Waals surface area contributed by atoms with Gasteiger partial charge in [0.2, 0.25) is 0 Å². The third-order valence-corrected chi connectivity index (χ3v) is 3.46. The summed E-state index contributed by atoms with van der Waals surface area (Å²) < 4.78 is 0. The molecule has 0 amide bonds. The summed E-state index contributed by atoms with van der Waals surface area (Å²) >= 11 is 6.03. The average Bonchev–Trinajstić information content (AvgIpc) is 2.35. The summed E-state index contributed by atoms with van der Waals surface area (Å²) in [6.07, 6.45) is 0.418. The van der Waals surface area contributed by atoms with Crippen molar-refractivity contribution in [3.8, 4) is 0 Å². The van der Waals surface area contributed by atoms with Crippen LogP contribution in [0.1, 0.15) is 27.0 Å². The molecule has 0 aliphatic rings. The van der Waals surface area contributed by atoms with Crippen LogP contribution in [0.15, 0.2) is 42.5 Å². The number of hydrogen-bond acceptors (Lipinski definition) is 1. The lowest BCUT2D eigenvalue weighted by Crippen LogP contribution is -2.05. The molecule has 2 rings (SSSR count). The Morgan fingerprint density at radius 3 is 2.39 bits per heavy atom. The van der Waals surface area contributed by atoms with Gasteiger partial charge >= 0.3 is 0 Å². The molecule has 0 fully saturated rings. The Labute approximate surface area is 112 Å². The molecule has 0 N–H and O–H groups in total. The summed E-state index contributed by atoms with van der Waals surface area (Å²) in [5.74, 6) is 0.110. The summed E-state index contributed by atoms with van der Waals surface area (Å²) in [7, 11) is 0. The molecular formula is C16H15ClO. The first-order valence-corrected chi connectivity index (χ1v) is 6.29. The van der Waals surface area contributed by atoms with E-state index in [-0.39, 0.29) is 5.78 Å². The number of rotatable bonds is 3. The van der Waals surface area contributed by atoms with E-state index in [1.165, 1.54) is 5.56 Å². The smallest absolute Gasteiger partial charge is 0.167 e. The normalized spacial score (nSPS) is 10.4. The molecule has 0 aromatic heterocycles. The highest BCUT2D eigenvalue weighted by atomic mass is 35.5. The highest BCUT2D eigenvalue weighted by molar-refractivity contribution is 6.31. The Kier molecular flexibility index (Phi) is 3.83. The van der Waals surface area contributed by atoms with Gasteiger partial charge in [0.1, 0.15) is 0 Å². The first-order chi connectivity index (χ1) is 8.58. The molecule has 18 heavy (non-hydrogen) atoms. The van der Waals surface area contributed by atoms with Crippen LogP contribution < -0.4 is 0 Å². The molecule has 0 radical (unpaired) electrons. The highest BCUT2D eigenvalue weighted by Gasteiger charge is 2.11. The third kappa shape index (κ3) is 2.80. The monoisotopic (exact) mass is 258 g/mol. The summed E-state index contributed by atoms with van der Waals surface area (Å²) in [6, 6.07) is 13.5. The summed E-state index contributed by atoms with van der Waals surface area (Å²) in [5.41, 5.74) is 3.80. The molecule has 2 heteroatoms. The Hall–Kier alpha value is -1.60. The Morgan fingerprint density at radius 2 is 1.72 bits per heavy atom. The molecular weight excluding hydrogens is 244 g/mol. The quantitative estimate of drug-likeness (QED) is 0.747. The molecule has 0 heterocycles. The second-order valence-corrected chi connectivity index (χ2v) is 4.91. The fraction of sp³-hybridized carbons (Fsp3) is 0.188. The first-order valence-electron chi connectivity index (χ1n) is 5.92. The van der Waals surface area contributed by atoms with Crippen molar-refractivity contribution in [1.29, 1.82) is 0 Å². The van der Waals surface area contributed by atoms with E-state index in [1.54, 1.807) is 6.07 Å². The van der Waals surface area contributed by atoms with Crippen molar-refractivity contribution in [3.63, 3.8) is 0 Å². The zero-order chi connectivity index (χ0) is 13.1. The van der Waals surface area contributed by atoms with Gasteiger partial charge in [0, 0.05) is 17.0 Å². The number of carbonyl (C=O) groups excluding carboxylic acids is 1. The van der Waals surface area contributed by atoms with Crippen molar-refractivity contribution in [2.75, 3.05) is 0 Å². The molecule has 0 saturated carbocycles. The van der Waals surface area contributed by atoms with E-state index < -0.39 is 0 Å². The minimum Gasteiger partial charge on any atom is -0.294 e. The highest BCUT2D eigenvalue weighted by Crippen LogP contribution is 2.20. The summed E-state index contributed by atoms with van der Waals surface area (Å²) in [4.78, 5) is 12.2. The molecule has 92 valence electrons. The van der Waals surface area contributed by atoms with Gasteiger partial charge in [-0.15, -0.1) is 0 Å². The van der Waals surface area contributed by atoms with E-state index in [9.17, 15) is 4.79 Å². The maximum atomic E-state index is 12.2. The number of Topliss-reactive ketones (excluding diaryl/α,β-unsaturated/α-hetero) is 1. The second kappa shape index (κ2) is 5.36. The van der Waals surface area contributed by atoms with Crippen molar-refractivity contribution < 1.29 is 4.79 Å². The van der Waals surface area contributed by atoms with E-state index in [0.29, 0.717) is 17.0 Å². The van der Waals surface area contributed by atoms with Gasteiger partial charge in [-0.05, 0) is 31.0 Å². The van der Waals surface area contributed by atoms with E-state index in [4.69, 9.17) is 11.6 Å². The molecule has 0 aliphatic heterocycles. The number of halogens is 1. The molecule has 0 bridgehead atoms.